The van der Waals surface area contributed by atoms with Gasteiger partial charge < -0.3 is 5.32 Å². The molecule has 2 fully saturated rings. The molecule has 0 aromatic carbocycles. The van der Waals surface area contributed by atoms with Gasteiger partial charge in [0.15, 0.2) is 0 Å². The molecule has 3 heteroatoms. The van der Waals surface area contributed by atoms with Crippen LogP contribution in [0.2, 0.25) is 0 Å². The highest BCUT2D eigenvalue weighted by Crippen LogP contribution is 2.57. The third-order valence-electron chi connectivity index (χ3n) is 4.45. The van der Waals surface area contributed by atoms with E-state index in [-0.39, 0.29) is 0 Å². The summed E-state index contributed by atoms with van der Waals surface area (Å²) in [4.78, 5) is 0. The molecular formula is C14H23N3. The van der Waals surface area contributed by atoms with Crippen LogP contribution in [-0.2, 0) is 7.05 Å². The second-order valence-electron chi connectivity index (χ2n) is 5.87. The number of aromatic nitrogens is 2. The first-order valence-electron chi connectivity index (χ1n) is 7.00. The van der Waals surface area contributed by atoms with Crippen LogP contribution in [0.15, 0.2) is 12.4 Å². The molecule has 3 unspecified atom stereocenters. The third-order valence-corrected chi connectivity index (χ3v) is 4.45. The number of nitrogens with zero attached hydrogens (tertiary/aromatic N) is 2. The van der Waals surface area contributed by atoms with Gasteiger partial charge in [-0.15, -0.1) is 0 Å². The summed E-state index contributed by atoms with van der Waals surface area (Å²) >= 11 is 0. The van der Waals surface area contributed by atoms with Gasteiger partial charge in [-0.2, -0.15) is 5.10 Å². The van der Waals surface area contributed by atoms with Gasteiger partial charge in [0.25, 0.3) is 0 Å². The summed E-state index contributed by atoms with van der Waals surface area (Å²) in [5.41, 5.74) is 1.38. The van der Waals surface area contributed by atoms with E-state index < -0.39 is 0 Å². The van der Waals surface area contributed by atoms with Gasteiger partial charge in [0, 0.05) is 24.8 Å². The van der Waals surface area contributed by atoms with Crippen LogP contribution in [0.3, 0.4) is 0 Å². The molecule has 3 nitrogen and oxygen atoms in total. The maximum absolute atomic E-state index is 4.32. The Labute approximate surface area is 104 Å². The van der Waals surface area contributed by atoms with Crippen molar-refractivity contribution in [1.82, 2.24) is 15.1 Å². The van der Waals surface area contributed by atoms with Crippen molar-refractivity contribution in [2.75, 3.05) is 6.54 Å². The lowest BCUT2D eigenvalue weighted by molar-refractivity contribution is 0.341. The lowest BCUT2D eigenvalue weighted by Gasteiger charge is -2.25. The SMILES string of the molecule is CCCNC(c1cnn(C)c1)C1CC2CC2C1. The fourth-order valence-electron chi connectivity index (χ4n) is 3.49. The highest BCUT2D eigenvalue weighted by molar-refractivity contribution is 5.14. The zero-order valence-corrected chi connectivity index (χ0v) is 10.9. The molecule has 3 rings (SSSR count). The van der Waals surface area contributed by atoms with Crippen molar-refractivity contribution in [3.63, 3.8) is 0 Å². The molecule has 0 saturated heterocycles. The van der Waals surface area contributed by atoms with E-state index in [1.165, 1.54) is 31.2 Å². The number of fused-ring (bicyclic) bond motifs is 1. The van der Waals surface area contributed by atoms with E-state index in [2.05, 4.69) is 23.5 Å². The molecule has 0 aliphatic heterocycles. The van der Waals surface area contributed by atoms with Crippen molar-refractivity contribution in [1.29, 1.82) is 0 Å². The van der Waals surface area contributed by atoms with Crippen molar-refractivity contribution < 1.29 is 0 Å². The zero-order chi connectivity index (χ0) is 11.8. The predicted molar refractivity (Wildman–Crippen MR) is 68.6 cm³/mol. The van der Waals surface area contributed by atoms with E-state index in [0.717, 1.165) is 24.3 Å². The van der Waals surface area contributed by atoms with E-state index in [4.69, 9.17) is 0 Å². The summed E-state index contributed by atoms with van der Waals surface area (Å²) in [6, 6.07) is 0.538. The Morgan fingerprint density at radius 3 is 2.76 bits per heavy atom. The quantitative estimate of drug-likeness (QED) is 0.847. The smallest absolute Gasteiger partial charge is 0.0537 e. The summed E-state index contributed by atoms with van der Waals surface area (Å²) in [5.74, 6) is 2.96. The van der Waals surface area contributed by atoms with Gasteiger partial charge in [-0.3, -0.25) is 4.68 Å². The Kier molecular flexibility index (Phi) is 2.95. The van der Waals surface area contributed by atoms with Crippen LogP contribution in [0.5, 0.6) is 0 Å². The van der Waals surface area contributed by atoms with Crippen LogP contribution in [-0.4, -0.2) is 16.3 Å². The minimum atomic E-state index is 0.538. The van der Waals surface area contributed by atoms with Crippen molar-refractivity contribution in [3.05, 3.63) is 18.0 Å². The van der Waals surface area contributed by atoms with Crippen LogP contribution >= 0.6 is 0 Å². The summed E-state index contributed by atoms with van der Waals surface area (Å²) in [7, 11) is 2.01. The monoisotopic (exact) mass is 233 g/mol. The average Bonchev–Trinajstić information content (AvgIpc) is 2.74. The molecule has 1 aromatic heterocycles. The predicted octanol–water partition coefficient (Wildman–Crippen LogP) is 2.51. The van der Waals surface area contributed by atoms with E-state index in [0.29, 0.717) is 6.04 Å². The van der Waals surface area contributed by atoms with E-state index in [1.54, 1.807) is 0 Å². The molecule has 1 aromatic rings. The third kappa shape index (κ3) is 2.25. The second kappa shape index (κ2) is 4.45. The zero-order valence-electron chi connectivity index (χ0n) is 10.9. The first-order valence-corrected chi connectivity index (χ1v) is 7.00. The van der Waals surface area contributed by atoms with Crippen LogP contribution in [0, 0.1) is 17.8 Å². The maximum atomic E-state index is 4.32. The topological polar surface area (TPSA) is 29.9 Å². The molecule has 3 atom stereocenters. The number of hydrogen-bond donors (Lipinski definition) is 1. The van der Waals surface area contributed by atoms with Crippen molar-refractivity contribution >= 4 is 0 Å². The standard InChI is InChI=1S/C14H23N3/c1-3-4-15-14(13-8-16-17(2)9-13)12-6-10-5-11(10)7-12/h8-12,14-15H,3-7H2,1-2H3. The Hall–Kier alpha value is -0.830. The molecule has 1 N–H and O–H groups in total. The van der Waals surface area contributed by atoms with Gasteiger partial charge >= 0.3 is 0 Å². The van der Waals surface area contributed by atoms with E-state index >= 15 is 0 Å². The molecule has 0 spiro atoms. The van der Waals surface area contributed by atoms with Crippen LogP contribution < -0.4 is 5.32 Å². The van der Waals surface area contributed by atoms with Gasteiger partial charge in [0.2, 0.25) is 0 Å². The Bertz CT molecular complexity index is 375. The van der Waals surface area contributed by atoms with E-state index in [9.17, 15) is 0 Å². The van der Waals surface area contributed by atoms with Gasteiger partial charge in [-0.25, -0.2) is 0 Å². The summed E-state index contributed by atoms with van der Waals surface area (Å²) in [6.45, 7) is 3.35. The highest BCUT2D eigenvalue weighted by atomic mass is 15.2. The minimum absolute atomic E-state index is 0.538. The van der Waals surface area contributed by atoms with Gasteiger partial charge in [0.1, 0.15) is 0 Å². The summed E-state index contributed by atoms with van der Waals surface area (Å²) in [6.07, 6.45) is 9.79. The Morgan fingerprint density at radius 2 is 2.18 bits per heavy atom. The number of nitrogens with one attached hydrogen (secondary N) is 1. The largest absolute Gasteiger partial charge is 0.310 e. The first kappa shape index (κ1) is 11.3. The molecule has 1 heterocycles. The summed E-state index contributed by atoms with van der Waals surface area (Å²) < 4.78 is 1.92. The fraction of sp³-hybridized carbons (Fsp3) is 0.786. The van der Waals surface area contributed by atoms with E-state index in [1.807, 2.05) is 17.9 Å². The normalized spacial score (nSPS) is 32.5. The second-order valence-corrected chi connectivity index (χ2v) is 5.87. The fourth-order valence-corrected chi connectivity index (χ4v) is 3.49. The molecule has 17 heavy (non-hydrogen) atoms. The van der Waals surface area contributed by atoms with Crippen molar-refractivity contribution in [3.8, 4) is 0 Å². The van der Waals surface area contributed by atoms with Crippen LogP contribution in [0.25, 0.3) is 0 Å². The molecule has 0 radical (unpaired) electrons. The van der Waals surface area contributed by atoms with Gasteiger partial charge in [-0.1, -0.05) is 6.92 Å². The van der Waals surface area contributed by atoms with Crippen LogP contribution in [0.1, 0.15) is 44.2 Å². The number of hydrogen-bond acceptors (Lipinski definition) is 2. The molecule has 2 aliphatic rings. The molecule has 0 bridgehead atoms. The van der Waals surface area contributed by atoms with Crippen LogP contribution in [0.4, 0.5) is 0 Å². The van der Waals surface area contributed by atoms with Crippen molar-refractivity contribution in [2.45, 2.75) is 38.6 Å². The van der Waals surface area contributed by atoms with Gasteiger partial charge in [-0.05, 0) is 50.0 Å². The lowest BCUT2D eigenvalue weighted by atomic mass is 9.90. The molecule has 94 valence electrons. The van der Waals surface area contributed by atoms with Crippen molar-refractivity contribution in [2.24, 2.45) is 24.8 Å². The molecule has 0 amide bonds. The Morgan fingerprint density at radius 1 is 1.41 bits per heavy atom. The minimum Gasteiger partial charge on any atom is -0.310 e. The summed E-state index contributed by atoms with van der Waals surface area (Å²) in [5, 5.41) is 8.05. The maximum Gasteiger partial charge on any atom is 0.0537 e. The highest BCUT2D eigenvalue weighted by Gasteiger charge is 2.48. The lowest BCUT2D eigenvalue weighted by Crippen LogP contribution is -2.28. The first-order chi connectivity index (χ1) is 8.28. The Balaban J connectivity index is 1.71. The molecule has 2 aliphatic carbocycles. The number of aryl methyl sites for hydroxylation is 1. The molecular weight excluding hydrogens is 210 g/mol. The molecule has 2 saturated carbocycles. The number of rotatable bonds is 5. The average molecular weight is 233 g/mol. The van der Waals surface area contributed by atoms with Gasteiger partial charge in [0.05, 0.1) is 6.20 Å².